The number of hydrogen-bond acceptors (Lipinski definition) is 5. The Labute approximate surface area is 157 Å². The molecule has 0 spiro atoms. The summed E-state index contributed by atoms with van der Waals surface area (Å²) in [5.41, 5.74) is 5.58. The zero-order valence-electron chi connectivity index (χ0n) is 15.0. The van der Waals surface area contributed by atoms with Crippen LogP contribution >= 0.6 is 0 Å². The van der Waals surface area contributed by atoms with Crippen LogP contribution in [0, 0.1) is 6.92 Å². The Morgan fingerprint density at radius 2 is 1.67 bits per heavy atom. The molecule has 0 aliphatic heterocycles. The van der Waals surface area contributed by atoms with Crippen molar-refractivity contribution in [2.45, 2.75) is 18.7 Å². The molecule has 0 saturated carbocycles. The Morgan fingerprint density at radius 1 is 1.00 bits per heavy atom. The number of hydrogen-bond donors (Lipinski definition) is 3. The maximum Gasteiger partial charge on any atom is 0.276 e. The fraction of sp³-hybridized carbons (Fsp3) is 0.222. The lowest BCUT2D eigenvalue weighted by atomic mass is 10.2. The predicted molar refractivity (Wildman–Crippen MR) is 99.6 cm³/mol. The van der Waals surface area contributed by atoms with Crippen molar-refractivity contribution >= 4 is 21.8 Å². The minimum atomic E-state index is -3.58. The fourth-order valence-corrected chi connectivity index (χ4v) is 3.20. The number of rotatable bonds is 7. The third-order valence-electron chi connectivity index (χ3n) is 3.53. The molecule has 27 heavy (non-hydrogen) atoms. The molecule has 0 aromatic heterocycles. The van der Waals surface area contributed by atoms with Crippen LogP contribution < -0.4 is 20.3 Å². The Balaban J connectivity index is 1.86. The lowest BCUT2D eigenvalue weighted by molar-refractivity contribution is -0.123. The van der Waals surface area contributed by atoms with Crippen LogP contribution in [0.15, 0.2) is 53.4 Å². The van der Waals surface area contributed by atoms with Crippen LogP contribution in [0.1, 0.15) is 22.8 Å². The number of nitrogens with one attached hydrogen (secondary N) is 3. The molecule has 0 atom stereocenters. The van der Waals surface area contributed by atoms with Gasteiger partial charge in [0, 0.05) is 12.1 Å². The summed E-state index contributed by atoms with van der Waals surface area (Å²) in [5.74, 6) is -0.527. The SMILES string of the molecule is CCNS(=O)(=O)c1ccc(C(=O)NNC(=O)COc2ccccc2C)cc1. The van der Waals surface area contributed by atoms with E-state index in [4.69, 9.17) is 4.74 Å². The first-order chi connectivity index (χ1) is 12.8. The highest BCUT2D eigenvalue weighted by Gasteiger charge is 2.14. The second kappa shape index (κ2) is 9.15. The molecule has 0 aliphatic carbocycles. The van der Waals surface area contributed by atoms with Crippen molar-refractivity contribution in [2.24, 2.45) is 0 Å². The number of aryl methyl sites for hydroxylation is 1. The average molecular weight is 391 g/mol. The summed E-state index contributed by atoms with van der Waals surface area (Å²) in [6, 6.07) is 12.6. The molecule has 8 nitrogen and oxygen atoms in total. The molecule has 2 amide bonds. The maximum atomic E-state index is 12.0. The summed E-state index contributed by atoms with van der Waals surface area (Å²) < 4.78 is 31.5. The molecule has 2 aromatic rings. The number of benzene rings is 2. The maximum absolute atomic E-state index is 12.0. The van der Waals surface area contributed by atoms with E-state index in [1.54, 1.807) is 19.1 Å². The first kappa shape index (κ1) is 20.4. The zero-order chi connectivity index (χ0) is 19.9. The van der Waals surface area contributed by atoms with Crippen molar-refractivity contribution in [1.29, 1.82) is 0 Å². The predicted octanol–water partition coefficient (Wildman–Crippen LogP) is 1.13. The number of carbonyl (C=O) groups excluding carboxylic acids is 2. The lowest BCUT2D eigenvalue weighted by Gasteiger charge is -2.10. The molecule has 2 aromatic carbocycles. The van der Waals surface area contributed by atoms with E-state index in [0.29, 0.717) is 5.75 Å². The summed E-state index contributed by atoms with van der Waals surface area (Å²) in [5, 5.41) is 0. The van der Waals surface area contributed by atoms with E-state index in [1.165, 1.54) is 24.3 Å². The standard InChI is InChI=1S/C18H21N3O5S/c1-3-19-27(24,25)15-10-8-14(9-11-15)18(23)21-20-17(22)12-26-16-7-5-4-6-13(16)2/h4-11,19H,3,12H2,1-2H3,(H,20,22)(H,21,23). The van der Waals surface area contributed by atoms with Crippen LogP contribution in [0.2, 0.25) is 0 Å². The van der Waals surface area contributed by atoms with Crippen molar-refractivity contribution in [2.75, 3.05) is 13.2 Å². The molecule has 0 radical (unpaired) electrons. The van der Waals surface area contributed by atoms with Crippen LogP contribution in [0.3, 0.4) is 0 Å². The van der Waals surface area contributed by atoms with Gasteiger partial charge in [0.15, 0.2) is 6.61 Å². The second-order valence-corrected chi connectivity index (χ2v) is 7.35. The number of para-hydroxylation sites is 1. The number of carbonyl (C=O) groups is 2. The van der Waals surface area contributed by atoms with Gasteiger partial charge in [-0.05, 0) is 42.8 Å². The smallest absolute Gasteiger partial charge is 0.276 e. The normalized spacial score (nSPS) is 10.9. The third kappa shape index (κ3) is 5.80. The van der Waals surface area contributed by atoms with Crippen LogP contribution in [0.5, 0.6) is 5.75 Å². The largest absolute Gasteiger partial charge is 0.483 e. The van der Waals surface area contributed by atoms with Crippen LogP contribution in [-0.4, -0.2) is 33.4 Å². The Morgan fingerprint density at radius 3 is 2.30 bits per heavy atom. The fourth-order valence-electron chi connectivity index (χ4n) is 2.16. The van der Waals surface area contributed by atoms with Gasteiger partial charge in [-0.15, -0.1) is 0 Å². The minimum Gasteiger partial charge on any atom is -0.483 e. The van der Waals surface area contributed by atoms with Gasteiger partial charge in [-0.1, -0.05) is 25.1 Å². The van der Waals surface area contributed by atoms with Crippen molar-refractivity contribution in [3.05, 3.63) is 59.7 Å². The number of ether oxygens (including phenoxy) is 1. The highest BCUT2D eigenvalue weighted by atomic mass is 32.2. The van der Waals surface area contributed by atoms with E-state index in [2.05, 4.69) is 15.6 Å². The molecule has 0 heterocycles. The first-order valence-electron chi connectivity index (χ1n) is 8.21. The van der Waals surface area contributed by atoms with Gasteiger partial charge in [-0.3, -0.25) is 20.4 Å². The van der Waals surface area contributed by atoms with E-state index < -0.39 is 21.8 Å². The molecule has 0 unspecified atom stereocenters. The van der Waals surface area contributed by atoms with E-state index in [0.717, 1.165) is 5.56 Å². The molecular weight excluding hydrogens is 370 g/mol. The van der Waals surface area contributed by atoms with E-state index >= 15 is 0 Å². The molecule has 2 rings (SSSR count). The molecule has 0 saturated heterocycles. The number of hydrazine groups is 1. The average Bonchev–Trinajstić information content (AvgIpc) is 2.65. The Hall–Kier alpha value is -2.91. The topological polar surface area (TPSA) is 114 Å². The van der Waals surface area contributed by atoms with Crippen molar-refractivity contribution in [1.82, 2.24) is 15.6 Å². The van der Waals surface area contributed by atoms with Crippen LogP contribution in [0.4, 0.5) is 0 Å². The van der Waals surface area contributed by atoms with Crippen LogP contribution in [-0.2, 0) is 14.8 Å². The van der Waals surface area contributed by atoms with Crippen molar-refractivity contribution in [3.63, 3.8) is 0 Å². The van der Waals surface area contributed by atoms with Gasteiger partial charge in [0.2, 0.25) is 10.0 Å². The van der Waals surface area contributed by atoms with E-state index in [1.807, 2.05) is 19.1 Å². The van der Waals surface area contributed by atoms with Crippen LogP contribution in [0.25, 0.3) is 0 Å². The molecule has 9 heteroatoms. The van der Waals surface area contributed by atoms with Gasteiger partial charge in [0.25, 0.3) is 11.8 Å². The monoisotopic (exact) mass is 391 g/mol. The van der Waals surface area contributed by atoms with Crippen molar-refractivity contribution in [3.8, 4) is 5.75 Å². The molecule has 0 fully saturated rings. The van der Waals surface area contributed by atoms with Gasteiger partial charge < -0.3 is 4.74 Å². The molecule has 0 bridgehead atoms. The summed E-state index contributed by atoms with van der Waals surface area (Å²) in [6.07, 6.45) is 0. The quantitative estimate of drug-likeness (QED) is 0.613. The molecular formula is C18H21N3O5S. The van der Waals surface area contributed by atoms with Gasteiger partial charge in [0.05, 0.1) is 4.90 Å². The second-order valence-electron chi connectivity index (χ2n) is 5.58. The van der Waals surface area contributed by atoms with Gasteiger partial charge in [-0.2, -0.15) is 0 Å². The number of amides is 2. The third-order valence-corrected chi connectivity index (χ3v) is 5.09. The molecule has 3 N–H and O–H groups in total. The summed E-state index contributed by atoms with van der Waals surface area (Å²) in [7, 11) is -3.58. The number of sulfonamides is 1. The lowest BCUT2D eigenvalue weighted by Crippen LogP contribution is -2.43. The minimum absolute atomic E-state index is 0.0524. The van der Waals surface area contributed by atoms with Gasteiger partial charge >= 0.3 is 0 Å². The summed E-state index contributed by atoms with van der Waals surface area (Å²) in [6.45, 7) is 3.53. The van der Waals surface area contributed by atoms with Gasteiger partial charge in [-0.25, -0.2) is 13.1 Å². The zero-order valence-corrected chi connectivity index (χ0v) is 15.8. The van der Waals surface area contributed by atoms with E-state index in [-0.39, 0.29) is 23.6 Å². The highest BCUT2D eigenvalue weighted by Crippen LogP contribution is 2.15. The van der Waals surface area contributed by atoms with Gasteiger partial charge in [0.1, 0.15) is 5.75 Å². The van der Waals surface area contributed by atoms with E-state index in [9.17, 15) is 18.0 Å². The first-order valence-corrected chi connectivity index (χ1v) is 9.69. The van der Waals surface area contributed by atoms with Crippen molar-refractivity contribution < 1.29 is 22.7 Å². The summed E-state index contributed by atoms with van der Waals surface area (Å²) in [4.78, 5) is 23.9. The Bertz CT molecular complexity index is 911. The Kier molecular flexibility index (Phi) is 6.91. The highest BCUT2D eigenvalue weighted by molar-refractivity contribution is 7.89. The molecule has 144 valence electrons. The molecule has 0 aliphatic rings. The summed E-state index contributed by atoms with van der Waals surface area (Å²) >= 11 is 0.